The van der Waals surface area contributed by atoms with Gasteiger partial charge >= 0.3 is 0 Å². The Labute approximate surface area is 86.9 Å². The van der Waals surface area contributed by atoms with E-state index in [0.29, 0.717) is 12.3 Å². The van der Waals surface area contributed by atoms with Crippen molar-refractivity contribution in [2.24, 2.45) is 0 Å². The smallest absolute Gasteiger partial charge is 0.250 e. The highest BCUT2D eigenvalue weighted by molar-refractivity contribution is 7.91. The molecule has 0 unspecified atom stereocenters. The molecule has 0 aromatic carbocycles. The molecule has 3 N–H and O–H groups in total. The van der Waals surface area contributed by atoms with E-state index in [1.807, 2.05) is 0 Å². The molecular formula is C7H12N2O3S2. The lowest BCUT2D eigenvalue weighted by Gasteiger charge is -2.02. The molecule has 0 aliphatic heterocycles. The van der Waals surface area contributed by atoms with Crippen molar-refractivity contribution in [3.63, 3.8) is 0 Å². The number of nitrogens with one attached hydrogen (secondary N) is 1. The first-order valence-electron chi connectivity index (χ1n) is 3.89. The minimum atomic E-state index is -3.40. The van der Waals surface area contributed by atoms with Crippen molar-refractivity contribution < 1.29 is 13.2 Å². The van der Waals surface area contributed by atoms with Gasteiger partial charge in [0.15, 0.2) is 0 Å². The first kappa shape index (κ1) is 11.4. The number of hydrogen-bond donors (Lipinski definition) is 2. The van der Waals surface area contributed by atoms with E-state index in [0.717, 1.165) is 11.3 Å². The highest BCUT2D eigenvalue weighted by atomic mass is 32.2. The van der Waals surface area contributed by atoms with E-state index in [1.165, 1.54) is 13.2 Å². The summed E-state index contributed by atoms with van der Waals surface area (Å²) in [5, 5.41) is 1.59. The molecule has 0 saturated heterocycles. The Kier molecular flexibility index (Phi) is 3.87. The van der Waals surface area contributed by atoms with Gasteiger partial charge in [-0.05, 0) is 6.07 Å². The fraction of sp³-hybridized carbons (Fsp3) is 0.429. The van der Waals surface area contributed by atoms with Gasteiger partial charge in [-0.2, -0.15) is 0 Å². The molecule has 14 heavy (non-hydrogen) atoms. The first-order valence-corrected chi connectivity index (χ1v) is 6.25. The Hall–Kier alpha value is -0.630. The van der Waals surface area contributed by atoms with Crippen molar-refractivity contribution in [3.05, 3.63) is 11.4 Å². The van der Waals surface area contributed by atoms with E-state index in [1.54, 1.807) is 5.38 Å². The van der Waals surface area contributed by atoms with Crippen molar-refractivity contribution >= 4 is 27.0 Å². The third-order valence-electron chi connectivity index (χ3n) is 1.46. The Morgan fingerprint density at radius 2 is 2.36 bits per heavy atom. The molecule has 1 rings (SSSR count). The fourth-order valence-electron chi connectivity index (χ4n) is 0.820. The summed E-state index contributed by atoms with van der Waals surface area (Å²) in [5.41, 5.74) is 5.88. The minimum Gasteiger partial charge on any atom is -0.398 e. The van der Waals surface area contributed by atoms with Crippen LogP contribution in [0.25, 0.3) is 0 Å². The van der Waals surface area contributed by atoms with Crippen LogP contribution in [0, 0.1) is 0 Å². The lowest BCUT2D eigenvalue weighted by atomic mass is 10.6. The maximum absolute atomic E-state index is 11.5. The summed E-state index contributed by atoms with van der Waals surface area (Å²) in [6.45, 7) is 0.608. The van der Waals surface area contributed by atoms with Gasteiger partial charge in [0.25, 0.3) is 0 Å². The standard InChI is InChI=1S/C7H12N2O3S2/c1-12-3-2-9-14(10,11)7-4-6(8)5-13-7/h4-5,9H,2-3,8H2,1H3. The molecule has 0 fully saturated rings. The zero-order valence-electron chi connectivity index (χ0n) is 7.69. The van der Waals surface area contributed by atoms with Crippen molar-refractivity contribution in [1.29, 1.82) is 0 Å². The summed E-state index contributed by atoms with van der Waals surface area (Å²) in [7, 11) is -1.89. The number of rotatable bonds is 5. The lowest BCUT2D eigenvalue weighted by molar-refractivity contribution is 0.204. The third-order valence-corrected chi connectivity index (χ3v) is 4.38. The summed E-state index contributed by atoms with van der Waals surface area (Å²) in [5.74, 6) is 0. The lowest BCUT2D eigenvalue weighted by Crippen LogP contribution is -2.26. The summed E-state index contributed by atoms with van der Waals surface area (Å²) in [6, 6.07) is 1.43. The maximum atomic E-state index is 11.5. The highest BCUT2D eigenvalue weighted by Gasteiger charge is 2.14. The summed E-state index contributed by atoms with van der Waals surface area (Å²) >= 11 is 1.10. The fourth-order valence-corrected chi connectivity index (χ4v) is 2.96. The van der Waals surface area contributed by atoms with Crippen LogP contribution < -0.4 is 10.5 Å². The van der Waals surface area contributed by atoms with E-state index in [2.05, 4.69) is 4.72 Å². The Balaban J connectivity index is 2.66. The van der Waals surface area contributed by atoms with Crippen molar-refractivity contribution in [2.45, 2.75) is 4.21 Å². The van der Waals surface area contributed by atoms with Gasteiger partial charge in [-0.3, -0.25) is 0 Å². The zero-order chi connectivity index (χ0) is 10.6. The Morgan fingerprint density at radius 1 is 1.64 bits per heavy atom. The van der Waals surface area contributed by atoms with E-state index in [4.69, 9.17) is 10.5 Å². The predicted octanol–water partition coefficient (Wildman–Crippen LogP) is 0.255. The van der Waals surface area contributed by atoms with Crippen LogP contribution >= 0.6 is 11.3 Å². The average Bonchev–Trinajstić information content (AvgIpc) is 2.53. The number of methoxy groups -OCH3 is 1. The molecule has 0 atom stereocenters. The number of hydrogen-bond acceptors (Lipinski definition) is 5. The number of nitrogen functional groups attached to an aromatic ring is 1. The topological polar surface area (TPSA) is 81.4 Å². The third kappa shape index (κ3) is 2.95. The number of ether oxygens (including phenoxy) is 1. The van der Waals surface area contributed by atoms with Gasteiger partial charge < -0.3 is 10.5 Å². The van der Waals surface area contributed by atoms with E-state index in [9.17, 15) is 8.42 Å². The van der Waals surface area contributed by atoms with E-state index >= 15 is 0 Å². The molecule has 0 spiro atoms. The Bertz CT molecular complexity index is 385. The van der Waals surface area contributed by atoms with Crippen LogP contribution in [0.2, 0.25) is 0 Å². The van der Waals surface area contributed by atoms with Crippen molar-refractivity contribution in [1.82, 2.24) is 4.72 Å². The monoisotopic (exact) mass is 236 g/mol. The number of anilines is 1. The first-order chi connectivity index (χ1) is 6.56. The molecule has 0 aliphatic rings. The molecule has 80 valence electrons. The molecule has 0 bridgehead atoms. The van der Waals surface area contributed by atoms with Crippen LogP contribution in [0.1, 0.15) is 0 Å². The molecule has 0 amide bonds. The average molecular weight is 236 g/mol. The molecular weight excluding hydrogens is 224 g/mol. The largest absolute Gasteiger partial charge is 0.398 e. The second-order valence-corrected chi connectivity index (χ2v) is 5.49. The summed E-state index contributed by atoms with van der Waals surface area (Å²) < 4.78 is 30.4. The number of sulfonamides is 1. The molecule has 1 heterocycles. The quantitative estimate of drug-likeness (QED) is 0.718. The van der Waals surface area contributed by atoms with Gasteiger partial charge in [0, 0.05) is 24.7 Å². The van der Waals surface area contributed by atoms with E-state index < -0.39 is 10.0 Å². The van der Waals surface area contributed by atoms with Crippen LogP contribution in [-0.4, -0.2) is 28.7 Å². The van der Waals surface area contributed by atoms with E-state index in [-0.39, 0.29) is 10.8 Å². The van der Waals surface area contributed by atoms with Crippen LogP contribution in [0.4, 0.5) is 5.69 Å². The second kappa shape index (κ2) is 4.74. The van der Waals surface area contributed by atoms with Gasteiger partial charge in [0.2, 0.25) is 10.0 Å². The van der Waals surface area contributed by atoms with Gasteiger partial charge in [-0.15, -0.1) is 11.3 Å². The molecule has 0 saturated carbocycles. The minimum absolute atomic E-state index is 0.228. The predicted molar refractivity (Wildman–Crippen MR) is 55.8 cm³/mol. The van der Waals surface area contributed by atoms with Crippen molar-refractivity contribution in [2.75, 3.05) is 26.0 Å². The van der Waals surface area contributed by atoms with Gasteiger partial charge in [-0.25, -0.2) is 13.1 Å². The van der Waals surface area contributed by atoms with Crippen LogP contribution in [0.3, 0.4) is 0 Å². The maximum Gasteiger partial charge on any atom is 0.250 e. The Morgan fingerprint density at radius 3 is 2.86 bits per heavy atom. The molecule has 7 heteroatoms. The highest BCUT2D eigenvalue weighted by Crippen LogP contribution is 2.20. The molecule has 0 radical (unpaired) electrons. The molecule has 1 aromatic heterocycles. The summed E-state index contributed by atoms with van der Waals surface area (Å²) in [6.07, 6.45) is 0. The summed E-state index contributed by atoms with van der Waals surface area (Å²) in [4.78, 5) is 0. The molecule has 5 nitrogen and oxygen atoms in total. The molecule has 0 aliphatic carbocycles. The van der Waals surface area contributed by atoms with Crippen LogP contribution in [0.15, 0.2) is 15.7 Å². The van der Waals surface area contributed by atoms with Crippen LogP contribution in [-0.2, 0) is 14.8 Å². The molecule has 1 aromatic rings. The zero-order valence-corrected chi connectivity index (χ0v) is 9.32. The van der Waals surface area contributed by atoms with Crippen molar-refractivity contribution in [3.8, 4) is 0 Å². The normalized spacial score (nSPS) is 11.8. The SMILES string of the molecule is COCCNS(=O)(=O)c1cc(N)cs1. The number of thiophene rings is 1. The van der Waals surface area contributed by atoms with Gasteiger partial charge in [0.1, 0.15) is 4.21 Å². The van der Waals surface area contributed by atoms with Crippen LogP contribution in [0.5, 0.6) is 0 Å². The van der Waals surface area contributed by atoms with Gasteiger partial charge in [0.05, 0.1) is 6.61 Å². The second-order valence-electron chi connectivity index (χ2n) is 2.59. The van der Waals surface area contributed by atoms with Gasteiger partial charge in [-0.1, -0.05) is 0 Å². The number of nitrogens with two attached hydrogens (primary N) is 1.